The van der Waals surface area contributed by atoms with Gasteiger partial charge < -0.3 is 5.73 Å². The van der Waals surface area contributed by atoms with Gasteiger partial charge in [-0.05, 0) is 0 Å². The zero-order valence-electron chi connectivity index (χ0n) is 4.74. The summed E-state index contributed by atoms with van der Waals surface area (Å²) in [6.07, 6.45) is 0. The van der Waals surface area contributed by atoms with E-state index >= 15 is 0 Å². The molecule has 0 radical (unpaired) electrons. The minimum Gasteiger partial charge on any atom is -0.364 e. The van der Waals surface area contributed by atoms with Gasteiger partial charge in [0, 0.05) is 0 Å². The predicted octanol–water partition coefficient (Wildman–Crippen LogP) is -0.491. The highest BCUT2D eigenvalue weighted by molar-refractivity contribution is 6.99. The van der Waals surface area contributed by atoms with Crippen LogP contribution in [0.1, 0.15) is 16.2 Å². The van der Waals surface area contributed by atoms with Crippen molar-refractivity contribution in [2.45, 2.75) is 0 Å². The van der Waals surface area contributed by atoms with Gasteiger partial charge in [0.25, 0.3) is 5.91 Å². The molecule has 0 saturated heterocycles. The van der Waals surface area contributed by atoms with E-state index in [1.807, 2.05) is 0 Å². The molecule has 6 heteroatoms. The maximum absolute atomic E-state index is 10.4. The number of rotatable bonds is 1. The molecule has 2 N–H and O–H groups in total. The Balaban J connectivity index is 3.17. The number of hydrogen-bond donors (Lipinski definition) is 1. The summed E-state index contributed by atoms with van der Waals surface area (Å²) in [6.45, 7) is 0. The van der Waals surface area contributed by atoms with E-state index in [1.54, 1.807) is 6.07 Å². The molecular formula is C4H2N4OS. The second-order valence-electron chi connectivity index (χ2n) is 1.44. The van der Waals surface area contributed by atoms with Gasteiger partial charge in [0.2, 0.25) is 0 Å². The first-order valence-corrected chi connectivity index (χ1v) is 3.01. The molecule has 0 aliphatic heterocycles. The summed E-state index contributed by atoms with van der Waals surface area (Å²) in [5, 5.41) is 8.30. The molecule has 5 nitrogen and oxygen atoms in total. The number of amides is 1. The highest BCUT2D eigenvalue weighted by Crippen LogP contribution is 2.01. The van der Waals surface area contributed by atoms with Crippen molar-refractivity contribution in [3.63, 3.8) is 0 Å². The molecular weight excluding hydrogens is 152 g/mol. The van der Waals surface area contributed by atoms with E-state index in [2.05, 4.69) is 8.75 Å². The highest BCUT2D eigenvalue weighted by Gasteiger charge is 2.11. The fraction of sp³-hybridized carbons (Fsp3) is 0. The van der Waals surface area contributed by atoms with Gasteiger partial charge in [-0.15, -0.1) is 0 Å². The number of carbonyl (C=O) groups excluding carboxylic acids is 1. The maximum atomic E-state index is 10.4. The molecule has 0 bridgehead atoms. The molecule has 0 saturated carbocycles. The van der Waals surface area contributed by atoms with Gasteiger partial charge in [0.05, 0.1) is 11.7 Å². The average molecular weight is 154 g/mol. The largest absolute Gasteiger partial charge is 0.364 e. The van der Waals surface area contributed by atoms with Gasteiger partial charge in [0.1, 0.15) is 6.07 Å². The van der Waals surface area contributed by atoms with Gasteiger partial charge in [-0.1, -0.05) is 0 Å². The number of nitrogens with two attached hydrogens (primary N) is 1. The smallest absolute Gasteiger partial charge is 0.271 e. The molecule has 1 heterocycles. The molecule has 0 fully saturated rings. The molecule has 1 aromatic heterocycles. The summed E-state index contributed by atoms with van der Waals surface area (Å²) in [5.41, 5.74) is 4.80. The van der Waals surface area contributed by atoms with Crippen molar-refractivity contribution in [1.29, 1.82) is 5.26 Å². The van der Waals surface area contributed by atoms with Crippen LogP contribution in [0.4, 0.5) is 0 Å². The number of carbonyl (C=O) groups is 1. The first kappa shape index (κ1) is 6.64. The van der Waals surface area contributed by atoms with Crippen LogP contribution >= 0.6 is 11.7 Å². The van der Waals surface area contributed by atoms with Crippen LogP contribution < -0.4 is 5.73 Å². The second kappa shape index (κ2) is 2.41. The van der Waals surface area contributed by atoms with E-state index in [1.165, 1.54) is 0 Å². The highest BCUT2D eigenvalue weighted by atomic mass is 32.1. The molecule has 10 heavy (non-hydrogen) atoms. The molecule has 0 unspecified atom stereocenters. The Labute approximate surface area is 60.4 Å². The summed E-state index contributed by atoms with van der Waals surface area (Å²) in [6, 6.07) is 1.69. The van der Waals surface area contributed by atoms with Crippen molar-refractivity contribution in [3.05, 3.63) is 11.4 Å². The molecule has 1 aromatic rings. The first-order chi connectivity index (χ1) is 4.75. The molecule has 0 spiro atoms. The normalized spacial score (nSPS) is 8.70. The van der Waals surface area contributed by atoms with E-state index in [0.717, 1.165) is 11.7 Å². The predicted molar refractivity (Wildman–Crippen MR) is 33.1 cm³/mol. The van der Waals surface area contributed by atoms with Gasteiger partial charge in [-0.2, -0.15) is 14.0 Å². The number of nitriles is 1. The second-order valence-corrected chi connectivity index (χ2v) is 1.97. The number of nitrogens with zero attached hydrogens (tertiary/aromatic N) is 3. The minimum absolute atomic E-state index is 0.00231. The average Bonchev–Trinajstić information content (AvgIpc) is 2.33. The van der Waals surface area contributed by atoms with E-state index < -0.39 is 5.91 Å². The van der Waals surface area contributed by atoms with Crippen LogP contribution in [-0.4, -0.2) is 14.7 Å². The van der Waals surface area contributed by atoms with Gasteiger partial charge in [-0.25, -0.2) is 0 Å². The third-order valence-corrected chi connectivity index (χ3v) is 1.36. The number of primary amides is 1. The summed E-state index contributed by atoms with van der Waals surface area (Å²) in [7, 11) is 0. The molecule has 0 atom stereocenters. The monoisotopic (exact) mass is 154 g/mol. The summed E-state index contributed by atoms with van der Waals surface area (Å²) in [4.78, 5) is 10.4. The van der Waals surface area contributed by atoms with Crippen LogP contribution in [0, 0.1) is 11.3 Å². The van der Waals surface area contributed by atoms with Crippen LogP contribution in [-0.2, 0) is 0 Å². The van der Waals surface area contributed by atoms with Crippen molar-refractivity contribution >= 4 is 17.6 Å². The van der Waals surface area contributed by atoms with Crippen LogP contribution in [0.3, 0.4) is 0 Å². The van der Waals surface area contributed by atoms with Crippen molar-refractivity contribution in [2.24, 2.45) is 5.73 Å². The first-order valence-electron chi connectivity index (χ1n) is 2.28. The molecule has 50 valence electrons. The van der Waals surface area contributed by atoms with Gasteiger partial charge in [0.15, 0.2) is 11.4 Å². The van der Waals surface area contributed by atoms with Crippen molar-refractivity contribution in [3.8, 4) is 6.07 Å². The zero-order chi connectivity index (χ0) is 7.56. The number of hydrogen-bond acceptors (Lipinski definition) is 5. The van der Waals surface area contributed by atoms with E-state index in [0.29, 0.717) is 0 Å². The molecule has 0 aromatic carbocycles. The lowest BCUT2D eigenvalue weighted by atomic mass is 10.3. The Kier molecular flexibility index (Phi) is 1.60. The summed E-state index contributed by atoms with van der Waals surface area (Å²) < 4.78 is 7.04. The lowest BCUT2D eigenvalue weighted by molar-refractivity contribution is 0.0996. The summed E-state index contributed by atoms with van der Waals surface area (Å²) in [5.74, 6) is -0.717. The Bertz CT molecular complexity index is 298. The Hall–Kier alpha value is -1.48. The van der Waals surface area contributed by atoms with Crippen LogP contribution in [0.5, 0.6) is 0 Å². The maximum Gasteiger partial charge on any atom is 0.271 e. The standard InChI is InChI=1S/C4H2N4OS/c5-1-2-3(4(6)9)8-10-7-2/h(H2,6,9). The van der Waals surface area contributed by atoms with Crippen LogP contribution in [0.2, 0.25) is 0 Å². The quantitative estimate of drug-likeness (QED) is 0.590. The third kappa shape index (κ3) is 0.942. The fourth-order valence-corrected chi connectivity index (χ4v) is 0.931. The zero-order valence-corrected chi connectivity index (χ0v) is 5.55. The van der Waals surface area contributed by atoms with Crippen molar-refractivity contribution < 1.29 is 4.79 Å². The lowest BCUT2D eigenvalue weighted by Gasteiger charge is -1.81. The van der Waals surface area contributed by atoms with E-state index in [-0.39, 0.29) is 11.4 Å². The van der Waals surface area contributed by atoms with Gasteiger partial charge >= 0.3 is 0 Å². The Morgan fingerprint density at radius 3 is 2.80 bits per heavy atom. The Morgan fingerprint density at radius 1 is 1.70 bits per heavy atom. The van der Waals surface area contributed by atoms with Crippen LogP contribution in [0.25, 0.3) is 0 Å². The third-order valence-electron chi connectivity index (χ3n) is 0.828. The van der Waals surface area contributed by atoms with E-state index in [4.69, 9.17) is 11.0 Å². The topological polar surface area (TPSA) is 92.7 Å². The van der Waals surface area contributed by atoms with Crippen molar-refractivity contribution in [2.75, 3.05) is 0 Å². The molecule has 0 aliphatic carbocycles. The molecule has 1 amide bonds. The molecule has 0 aliphatic rings. The lowest BCUT2D eigenvalue weighted by Crippen LogP contribution is -2.12. The summed E-state index contributed by atoms with van der Waals surface area (Å²) >= 11 is 0.796. The van der Waals surface area contributed by atoms with E-state index in [9.17, 15) is 4.79 Å². The fourth-order valence-electron chi connectivity index (χ4n) is 0.424. The minimum atomic E-state index is -0.717. The SMILES string of the molecule is N#Cc1nsnc1C(N)=O. The van der Waals surface area contributed by atoms with Crippen molar-refractivity contribution in [1.82, 2.24) is 8.75 Å². The Morgan fingerprint density at radius 2 is 2.40 bits per heavy atom. The van der Waals surface area contributed by atoms with Gasteiger partial charge in [-0.3, -0.25) is 4.79 Å². The van der Waals surface area contributed by atoms with Crippen LogP contribution in [0.15, 0.2) is 0 Å². The molecule has 1 rings (SSSR count). The number of aromatic nitrogens is 2.